The van der Waals surface area contributed by atoms with Gasteiger partial charge in [0.25, 0.3) is 0 Å². The van der Waals surface area contributed by atoms with E-state index in [1.165, 1.54) is 45.4 Å². The summed E-state index contributed by atoms with van der Waals surface area (Å²) in [5.41, 5.74) is 3.69. The minimum atomic E-state index is -0.332. The Morgan fingerprint density at radius 3 is 2.04 bits per heavy atom. The van der Waals surface area contributed by atoms with E-state index in [2.05, 4.69) is 66.6 Å². The molecular weight excluding hydrogens is 334 g/mol. The number of quaternary nitrogens is 2. The van der Waals surface area contributed by atoms with E-state index in [1.54, 1.807) is 4.90 Å². The second-order valence-corrected chi connectivity index (χ2v) is 8.14. The van der Waals surface area contributed by atoms with Crippen molar-refractivity contribution in [3.05, 3.63) is 60.7 Å². The van der Waals surface area contributed by atoms with E-state index in [9.17, 15) is 5.11 Å². The summed E-state index contributed by atoms with van der Waals surface area (Å²) in [7, 11) is 0. The van der Waals surface area contributed by atoms with Gasteiger partial charge in [-0.15, -0.1) is 0 Å². The van der Waals surface area contributed by atoms with Crippen LogP contribution in [0.15, 0.2) is 60.7 Å². The molecule has 0 radical (unpaired) electrons. The summed E-state index contributed by atoms with van der Waals surface area (Å²) in [5, 5.41) is 13.4. The smallest absolute Gasteiger partial charge is 0.127 e. The van der Waals surface area contributed by atoms with Gasteiger partial charge < -0.3 is 19.5 Å². The molecule has 2 aromatic carbocycles. The van der Waals surface area contributed by atoms with Gasteiger partial charge in [0, 0.05) is 21.8 Å². The van der Waals surface area contributed by atoms with Gasteiger partial charge in [0.05, 0.1) is 13.1 Å². The van der Waals surface area contributed by atoms with Gasteiger partial charge in [-0.1, -0.05) is 43.0 Å². The molecule has 27 heavy (non-hydrogen) atoms. The average Bonchev–Trinajstić information content (AvgIpc) is 2.97. The van der Waals surface area contributed by atoms with Crippen molar-refractivity contribution in [3.8, 4) is 0 Å². The van der Waals surface area contributed by atoms with Crippen molar-refractivity contribution in [3.63, 3.8) is 0 Å². The summed E-state index contributed by atoms with van der Waals surface area (Å²) in [6, 6.07) is 17.0. The van der Waals surface area contributed by atoms with Crippen molar-refractivity contribution in [2.45, 2.75) is 19.6 Å². The third-order valence-corrected chi connectivity index (χ3v) is 5.81. The lowest BCUT2D eigenvalue weighted by Gasteiger charge is -2.31. The number of aliphatic hydroxyl groups is 1. The number of para-hydroxylation sites is 2. The molecule has 0 unspecified atom stereocenters. The number of piperazine rings is 1. The Kier molecular flexibility index (Phi) is 5.30. The maximum absolute atomic E-state index is 10.8. The number of benzene rings is 2. The van der Waals surface area contributed by atoms with Crippen molar-refractivity contribution in [1.82, 2.24) is 4.57 Å². The number of fused-ring (bicyclic) bond motifs is 3. The van der Waals surface area contributed by atoms with E-state index < -0.39 is 0 Å². The maximum Gasteiger partial charge on any atom is 0.127 e. The molecule has 1 aliphatic rings. The van der Waals surface area contributed by atoms with Crippen LogP contribution >= 0.6 is 0 Å². The molecule has 2 heterocycles. The van der Waals surface area contributed by atoms with Crippen LogP contribution in [-0.2, 0) is 6.54 Å². The highest BCUT2D eigenvalue weighted by atomic mass is 16.3. The highest BCUT2D eigenvalue weighted by Gasteiger charge is 2.25. The summed E-state index contributed by atoms with van der Waals surface area (Å²) in [4.78, 5) is 3.15. The summed E-state index contributed by atoms with van der Waals surface area (Å²) in [5.74, 6) is 0. The zero-order valence-corrected chi connectivity index (χ0v) is 16.2. The molecule has 0 aliphatic carbocycles. The van der Waals surface area contributed by atoms with Crippen LogP contribution in [-0.4, -0.2) is 55.0 Å². The van der Waals surface area contributed by atoms with Crippen LogP contribution in [0.5, 0.6) is 0 Å². The molecule has 4 heteroatoms. The first kappa shape index (κ1) is 18.2. The van der Waals surface area contributed by atoms with E-state index in [0.717, 1.165) is 26.2 Å². The zero-order valence-electron chi connectivity index (χ0n) is 16.2. The summed E-state index contributed by atoms with van der Waals surface area (Å²) < 4.78 is 2.29. The molecule has 0 spiro atoms. The molecule has 4 nitrogen and oxygen atoms in total. The summed E-state index contributed by atoms with van der Waals surface area (Å²) in [6.45, 7) is 13.3. The van der Waals surface area contributed by atoms with Crippen molar-refractivity contribution in [2.24, 2.45) is 0 Å². The van der Waals surface area contributed by atoms with Crippen LogP contribution in [0.1, 0.15) is 6.92 Å². The van der Waals surface area contributed by atoms with Crippen LogP contribution < -0.4 is 9.80 Å². The lowest BCUT2D eigenvalue weighted by atomic mass is 10.2. The van der Waals surface area contributed by atoms with E-state index in [4.69, 9.17) is 0 Å². The van der Waals surface area contributed by atoms with Gasteiger partial charge in [0.1, 0.15) is 38.8 Å². The first-order chi connectivity index (χ1) is 13.1. The largest absolute Gasteiger partial charge is 0.385 e. The van der Waals surface area contributed by atoms with Gasteiger partial charge in [-0.25, -0.2) is 0 Å². The van der Waals surface area contributed by atoms with Crippen molar-refractivity contribution in [2.75, 3.05) is 39.3 Å². The topological polar surface area (TPSA) is 34.0 Å². The number of hydrogen-bond acceptors (Lipinski definition) is 1. The number of nitrogens with zero attached hydrogens (tertiary/aromatic N) is 1. The standard InChI is InChI=1S/C23H29N3O/c1-18(2)15-24-11-13-25(14-12-24)16-19(27)17-26-22-9-5-3-7-20(22)21-8-4-6-10-23(21)26/h3-10,19,27H,1,11-17H2,2H3/p+2/t19-/m1/s1. The molecule has 0 saturated carbocycles. The summed E-state index contributed by atoms with van der Waals surface area (Å²) in [6.07, 6.45) is -0.332. The van der Waals surface area contributed by atoms with Crippen LogP contribution in [0.25, 0.3) is 21.8 Å². The summed E-state index contributed by atoms with van der Waals surface area (Å²) >= 11 is 0. The number of hydrogen-bond donors (Lipinski definition) is 3. The molecule has 3 aromatic rings. The molecule has 0 amide bonds. The fourth-order valence-corrected chi connectivity index (χ4v) is 4.57. The fraction of sp³-hybridized carbons (Fsp3) is 0.391. The Balaban J connectivity index is 1.46. The van der Waals surface area contributed by atoms with Crippen LogP contribution in [0.4, 0.5) is 0 Å². The highest BCUT2D eigenvalue weighted by molar-refractivity contribution is 6.07. The van der Waals surface area contributed by atoms with E-state index >= 15 is 0 Å². The molecule has 1 atom stereocenters. The Bertz CT molecular complexity index is 884. The Morgan fingerprint density at radius 1 is 0.963 bits per heavy atom. The Hall–Kier alpha value is -2.14. The number of aromatic nitrogens is 1. The molecule has 3 N–H and O–H groups in total. The van der Waals surface area contributed by atoms with E-state index in [0.29, 0.717) is 6.54 Å². The number of rotatable bonds is 6. The van der Waals surface area contributed by atoms with Gasteiger partial charge in [-0.3, -0.25) is 0 Å². The van der Waals surface area contributed by atoms with Gasteiger partial charge >= 0.3 is 0 Å². The number of nitrogens with one attached hydrogen (secondary N) is 2. The van der Waals surface area contributed by atoms with E-state index in [1.807, 2.05) is 0 Å². The molecule has 1 fully saturated rings. The normalized spacial score (nSPS) is 21.6. The molecule has 0 bridgehead atoms. The zero-order chi connectivity index (χ0) is 18.8. The Morgan fingerprint density at radius 2 is 1.48 bits per heavy atom. The van der Waals surface area contributed by atoms with Crippen molar-refractivity contribution in [1.29, 1.82) is 0 Å². The van der Waals surface area contributed by atoms with Crippen LogP contribution in [0.2, 0.25) is 0 Å². The molecule has 1 aromatic heterocycles. The van der Waals surface area contributed by atoms with Gasteiger partial charge in [-0.2, -0.15) is 0 Å². The first-order valence-electron chi connectivity index (χ1n) is 10.1. The lowest BCUT2D eigenvalue weighted by molar-refractivity contribution is -1.01. The van der Waals surface area contributed by atoms with Crippen LogP contribution in [0.3, 0.4) is 0 Å². The quantitative estimate of drug-likeness (QED) is 0.547. The predicted molar refractivity (Wildman–Crippen MR) is 111 cm³/mol. The maximum atomic E-state index is 10.8. The molecule has 1 saturated heterocycles. The monoisotopic (exact) mass is 365 g/mol. The first-order valence-corrected chi connectivity index (χ1v) is 10.1. The number of aliphatic hydroxyl groups excluding tert-OH is 1. The van der Waals surface area contributed by atoms with Crippen molar-refractivity contribution < 1.29 is 14.9 Å². The van der Waals surface area contributed by atoms with E-state index in [-0.39, 0.29) is 6.10 Å². The molecule has 1 aliphatic heterocycles. The third-order valence-electron chi connectivity index (χ3n) is 5.81. The second-order valence-electron chi connectivity index (χ2n) is 8.14. The van der Waals surface area contributed by atoms with Gasteiger partial charge in [0.2, 0.25) is 0 Å². The predicted octanol–water partition coefficient (Wildman–Crippen LogP) is 0.515. The van der Waals surface area contributed by atoms with Crippen molar-refractivity contribution >= 4 is 21.8 Å². The fourth-order valence-electron chi connectivity index (χ4n) is 4.57. The lowest BCUT2D eigenvalue weighted by Crippen LogP contribution is -3.28. The SMILES string of the molecule is C=C(C)C[NH+]1CC[NH+](C[C@@H](O)Cn2c3ccccc3c3ccccc32)CC1. The molecule has 142 valence electrons. The van der Waals surface area contributed by atoms with Gasteiger partial charge in [-0.05, 0) is 24.6 Å². The minimum absolute atomic E-state index is 0.332. The van der Waals surface area contributed by atoms with Crippen LogP contribution in [0, 0.1) is 0 Å². The second kappa shape index (κ2) is 7.85. The third kappa shape index (κ3) is 3.93. The highest BCUT2D eigenvalue weighted by Crippen LogP contribution is 2.28. The molecule has 4 rings (SSSR count). The molecular formula is C23H31N3O+2. The Labute approximate surface area is 161 Å². The minimum Gasteiger partial charge on any atom is -0.385 e. The van der Waals surface area contributed by atoms with Gasteiger partial charge in [0.15, 0.2) is 0 Å². The average molecular weight is 366 g/mol.